The normalized spacial score (nSPS) is 20.0. The number of hydrogen-bond acceptors (Lipinski definition) is 5. The summed E-state index contributed by atoms with van der Waals surface area (Å²) in [5, 5.41) is 1.00. The molecule has 0 aliphatic carbocycles. The third-order valence-corrected chi connectivity index (χ3v) is 10.2. The van der Waals surface area contributed by atoms with E-state index < -0.39 is 29.9 Å². The van der Waals surface area contributed by atoms with E-state index in [1.807, 2.05) is 12.1 Å². The second-order valence-corrected chi connectivity index (χ2v) is 13.7. The molecule has 0 spiro atoms. The van der Waals surface area contributed by atoms with E-state index in [0.29, 0.717) is 54.6 Å². The number of amidine groups is 1. The summed E-state index contributed by atoms with van der Waals surface area (Å²) >= 11 is 12.5. The smallest absolute Gasteiger partial charge is 0.416 e. The maximum atomic E-state index is 14.8. The Balaban J connectivity index is 1.35. The summed E-state index contributed by atoms with van der Waals surface area (Å²) in [6.07, 6.45) is -3.43. The van der Waals surface area contributed by atoms with Crippen LogP contribution in [0.1, 0.15) is 61.0 Å². The zero-order valence-electron chi connectivity index (χ0n) is 28.2. The quantitative estimate of drug-likeness (QED) is 0.262. The lowest BCUT2D eigenvalue weighted by Crippen LogP contribution is -2.56. The standard InChI is InChI=1S/C37H38Cl2F3N5O4/c1-3-51-31-22-27(37(40,41)42)8-13-30(31)34-43-32(24-4-9-28(38)10-5-24)33(25-6-11-29(39)12-7-25)47(34)36(50)46-20-18-45(19-21-46)35(49)26-14-16-44(17-15-26)23(2)48/h4-13,22,26,32-33H,3,14-21H2,1-2H3. The van der Waals surface area contributed by atoms with Gasteiger partial charge in [0, 0.05) is 62.2 Å². The molecule has 2 fully saturated rings. The van der Waals surface area contributed by atoms with E-state index in [-0.39, 0.29) is 54.6 Å². The van der Waals surface area contributed by atoms with E-state index in [1.54, 1.807) is 58.0 Å². The third-order valence-electron chi connectivity index (χ3n) is 9.70. The van der Waals surface area contributed by atoms with Crippen LogP contribution in [0.5, 0.6) is 5.75 Å². The van der Waals surface area contributed by atoms with Crippen molar-refractivity contribution in [1.29, 1.82) is 0 Å². The first-order valence-electron chi connectivity index (χ1n) is 16.9. The summed E-state index contributed by atoms with van der Waals surface area (Å²) in [4.78, 5) is 51.8. The second-order valence-electron chi connectivity index (χ2n) is 12.8. The first-order valence-corrected chi connectivity index (χ1v) is 17.7. The predicted molar refractivity (Wildman–Crippen MR) is 188 cm³/mol. The molecule has 3 heterocycles. The molecule has 0 N–H and O–H groups in total. The fourth-order valence-electron chi connectivity index (χ4n) is 6.98. The Kier molecular flexibility index (Phi) is 10.8. The predicted octanol–water partition coefficient (Wildman–Crippen LogP) is 7.48. The molecule has 9 nitrogen and oxygen atoms in total. The van der Waals surface area contributed by atoms with Gasteiger partial charge >= 0.3 is 12.2 Å². The van der Waals surface area contributed by atoms with Crippen LogP contribution in [0.3, 0.4) is 0 Å². The van der Waals surface area contributed by atoms with Gasteiger partial charge in [0.2, 0.25) is 11.8 Å². The fraction of sp³-hybridized carbons (Fsp3) is 0.405. The average Bonchev–Trinajstić information content (AvgIpc) is 3.52. The lowest BCUT2D eigenvalue weighted by atomic mass is 9.93. The van der Waals surface area contributed by atoms with Crippen molar-refractivity contribution >= 4 is 46.9 Å². The largest absolute Gasteiger partial charge is 0.493 e. The molecule has 2 saturated heterocycles. The topological polar surface area (TPSA) is 85.8 Å². The number of piperazine rings is 1. The molecule has 0 aromatic heterocycles. The minimum absolute atomic E-state index is 0.00211. The maximum absolute atomic E-state index is 14.8. The van der Waals surface area contributed by atoms with Crippen molar-refractivity contribution in [2.24, 2.45) is 10.9 Å². The Bertz CT molecular complexity index is 1790. The van der Waals surface area contributed by atoms with Crippen molar-refractivity contribution < 1.29 is 32.3 Å². The number of rotatable bonds is 6. The highest BCUT2D eigenvalue weighted by molar-refractivity contribution is 6.30. The number of aliphatic imine (C=N–C) groups is 1. The Hall–Kier alpha value is -4.29. The van der Waals surface area contributed by atoms with Gasteiger partial charge < -0.3 is 19.4 Å². The second kappa shape index (κ2) is 15.1. The molecule has 2 unspecified atom stereocenters. The Morgan fingerprint density at radius 2 is 1.37 bits per heavy atom. The van der Waals surface area contributed by atoms with E-state index in [1.165, 1.54) is 17.9 Å². The molecule has 3 aliphatic heterocycles. The Labute approximate surface area is 304 Å². The molecule has 270 valence electrons. The molecule has 3 aliphatic rings. The van der Waals surface area contributed by atoms with Gasteiger partial charge in [-0.3, -0.25) is 19.5 Å². The van der Waals surface area contributed by atoms with E-state index in [9.17, 15) is 27.6 Å². The van der Waals surface area contributed by atoms with E-state index in [4.69, 9.17) is 32.9 Å². The lowest BCUT2D eigenvalue weighted by Gasteiger charge is -2.40. The minimum atomic E-state index is -4.61. The van der Waals surface area contributed by atoms with Crippen molar-refractivity contribution in [1.82, 2.24) is 19.6 Å². The first-order chi connectivity index (χ1) is 24.3. The van der Waals surface area contributed by atoms with Crippen LogP contribution in [0.25, 0.3) is 0 Å². The Morgan fingerprint density at radius 3 is 1.92 bits per heavy atom. The number of halogens is 5. The molecule has 3 aromatic rings. The number of carbonyl (C=O) groups is 3. The van der Waals surface area contributed by atoms with Gasteiger partial charge in [0.05, 0.1) is 23.8 Å². The van der Waals surface area contributed by atoms with Gasteiger partial charge in [-0.05, 0) is 73.4 Å². The Morgan fingerprint density at radius 1 is 0.804 bits per heavy atom. The van der Waals surface area contributed by atoms with Crippen LogP contribution in [0.4, 0.5) is 18.0 Å². The number of benzene rings is 3. The molecule has 0 saturated carbocycles. The van der Waals surface area contributed by atoms with E-state index in [2.05, 4.69) is 0 Å². The molecule has 51 heavy (non-hydrogen) atoms. The summed E-state index contributed by atoms with van der Waals surface area (Å²) in [7, 11) is 0. The highest BCUT2D eigenvalue weighted by Crippen LogP contribution is 2.46. The minimum Gasteiger partial charge on any atom is -0.493 e. The number of amides is 4. The summed E-state index contributed by atoms with van der Waals surface area (Å²) in [5.74, 6) is -0.0693. The van der Waals surface area contributed by atoms with Crippen LogP contribution < -0.4 is 4.74 Å². The summed E-state index contributed by atoms with van der Waals surface area (Å²) in [5.41, 5.74) is 0.798. The van der Waals surface area contributed by atoms with Crippen molar-refractivity contribution in [2.45, 2.75) is 44.9 Å². The number of likely N-dealkylation sites (tertiary alicyclic amines) is 1. The van der Waals surface area contributed by atoms with Crippen molar-refractivity contribution in [2.75, 3.05) is 45.9 Å². The van der Waals surface area contributed by atoms with E-state index >= 15 is 0 Å². The van der Waals surface area contributed by atoms with Crippen LogP contribution in [0.15, 0.2) is 71.7 Å². The van der Waals surface area contributed by atoms with Gasteiger partial charge in [-0.15, -0.1) is 0 Å². The molecule has 14 heteroatoms. The SMILES string of the molecule is CCOc1cc(C(F)(F)F)ccc1C1=NC(c2ccc(Cl)cc2)C(c2ccc(Cl)cc2)N1C(=O)N1CCN(C(=O)C2CCN(C(C)=O)CC2)CC1. The highest BCUT2D eigenvalue weighted by Gasteiger charge is 2.46. The van der Waals surface area contributed by atoms with Crippen molar-refractivity contribution in [3.8, 4) is 5.75 Å². The number of nitrogens with zero attached hydrogens (tertiary/aromatic N) is 5. The highest BCUT2D eigenvalue weighted by atomic mass is 35.5. The van der Waals surface area contributed by atoms with E-state index in [0.717, 1.165) is 17.7 Å². The van der Waals surface area contributed by atoms with Crippen molar-refractivity contribution in [3.05, 3.63) is 99.0 Å². The van der Waals surface area contributed by atoms with Crippen LogP contribution in [0, 0.1) is 5.92 Å². The number of alkyl halides is 3. The van der Waals surface area contributed by atoms with Crippen LogP contribution >= 0.6 is 23.2 Å². The first kappa shape index (κ1) is 36.5. The number of carbonyl (C=O) groups excluding carboxylic acids is 3. The number of hydrogen-bond donors (Lipinski definition) is 0. The van der Waals surface area contributed by atoms with Gasteiger partial charge in [-0.2, -0.15) is 13.2 Å². The van der Waals surface area contributed by atoms with Gasteiger partial charge in [0.1, 0.15) is 17.6 Å². The molecular formula is C37H38Cl2F3N5O4. The molecular weight excluding hydrogens is 706 g/mol. The zero-order valence-corrected chi connectivity index (χ0v) is 29.7. The zero-order chi connectivity index (χ0) is 36.4. The van der Waals surface area contributed by atoms with Crippen LogP contribution in [-0.4, -0.2) is 89.2 Å². The molecule has 0 bridgehead atoms. The van der Waals surface area contributed by atoms with Gasteiger partial charge in [0.25, 0.3) is 0 Å². The van der Waals surface area contributed by atoms with Crippen LogP contribution in [0.2, 0.25) is 10.0 Å². The van der Waals surface area contributed by atoms with Crippen LogP contribution in [-0.2, 0) is 15.8 Å². The molecule has 2 atom stereocenters. The number of piperidine rings is 1. The molecule has 4 amide bonds. The van der Waals surface area contributed by atoms with Gasteiger partial charge in [-0.1, -0.05) is 47.5 Å². The molecule has 0 radical (unpaired) electrons. The van der Waals surface area contributed by atoms with Gasteiger partial charge in [0.15, 0.2) is 0 Å². The number of urea groups is 1. The fourth-order valence-corrected chi connectivity index (χ4v) is 7.23. The van der Waals surface area contributed by atoms with Crippen molar-refractivity contribution in [3.63, 3.8) is 0 Å². The molecule has 3 aromatic carbocycles. The summed E-state index contributed by atoms with van der Waals surface area (Å²) in [6.45, 7) is 5.47. The maximum Gasteiger partial charge on any atom is 0.416 e. The monoisotopic (exact) mass is 743 g/mol. The third kappa shape index (κ3) is 7.82. The molecule has 6 rings (SSSR count). The summed E-state index contributed by atoms with van der Waals surface area (Å²) in [6, 6.07) is 15.5. The lowest BCUT2D eigenvalue weighted by molar-refractivity contribution is -0.141. The average molecular weight is 745 g/mol. The number of ether oxygens (including phenoxy) is 1. The van der Waals surface area contributed by atoms with Gasteiger partial charge in [-0.25, -0.2) is 4.79 Å². The summed E-state index contributed by atoms with van der Waals surface area (Å²) < 4.78 is 47.2.